The van der Waals surface area contributed by atoms with E-state index in [0.29, 0.717) is 6.54 Å². The number of methoxy groups -OCH3 is 1. The maximum Gasteiger partial charge on any atom is 0.148 e. The summed E-state index contributed by atoms with van der Waals surface area (Å²) in [5.41, 5.74) is 1.04. The van der Waals surface area contributed by atoms with Crippen LogP contribution >= 0.6 is 31.9 Å². The van der Waals surface area contributed by atoms with Crippen LogP contribution in [0.4, 0.5) is 0 Å². The van der Waals surface area contributed by atoms with Gasteiger partial charge in [0, 0.05) is 18.8 Å². The van der Waals surface area contributed by atoms with Gasteiger partial charge >= 0.3 is 0 Å². The Hall–Kier alpha value is -0.110. The molecule has 1 aromatic carbocycles. The Morgan fingerprint density at radius 3 is 2.26 bits per heavy atom. The molecule has 1 aromatic rings. The maximum absolute atomic E-state index is 11.2. The maximum atomic E-state index is 11.2. The quantitative estimate of drug-likeness (QED) is 0.777. The molecule has 1 unspecified atom stereocenters. The van der Waals surface area contributed by atoms with Gasteiger partial charge in [0.1, 0.15) is 15.6 Å². The second-order valence-corrected chi connectivity index (χ2v) is 8.36. The molecular formula is C12H17Br2NO3S. The number of halogens is 2. The Labute approximate surface area is 131 Å². The van der Waals surface area contributed by atoms with Crippen molar-refractivity contribution in [2.75, 3.05) is 19.1 Å². The van der Waals surface area contributed by atoms with Crippen LogP contribution in [-0.2, 0) is 16.4 Å². The van der Waals surface area contributed by atoms with Crippen LogP contribution < -0.4 is 10.1 Å². The SMILES string of the molecule is COc1c(Br)cc(CNC(C)CS(C)(=O)=O)cc1Br. The van der Waals surface area contributed by atoms with Crippen LogP contribution in [0.1, 0.15) is 12.5 Å². The summed E-state index contributed by atoms with van der Waals surface area (Å²) in [6.07, 6.45) is 1.24. The summed E-state index contributed by atoms with van der Waals surface area (Å²) in [5.74, 6) is 0.874. The summed E-state index contributed by atoms with van der Waals surface area (Å²) < 4.78 is 29.3. The molecule has 1 N–H and O–H groups in total. The van der Waals surface area contributed by atoms with Crippen molar-refractivity contribution >= 4 is 41.7 Å². The number of rotatable bonds is 6. The average molecular weight is 415 g/mol. The summed E-state index contributed by atoms with van der Waals surface area (Å²) >= 11 is 6.87. The van der Waals surface area contributed by atoms with Gasteiger partial charge in [-0.25, -0.2) is 8.42 Å². The predicted molar refractivity (Wildman–Crippen MR) is 84.4 cm³/mol. The van der Waals surface area contributed by atoms with Crippen LogP contribution in [0.2, 0.25) is 0 Å². The second kappa shape index (κ2) is 7.06. The minimum atomic E-state index is -2.96. The van der Waals surface area contributed by atoms with E-state index in [1.807, 2.05) is 19.1 Å². The third kappa shape index (κ3) is 5.81. The lowest BCUT2D eigenvalue weighted by Crippen LogP contribution is -2.32. The topological polar surface area (TPSA) is 55.4 Å². The fourth-order valence-corrected chi connectivity index (χ4v) is 4.35. The van der Waals surface area contributed by atoms with Crippen molar-refractivity contribution in [2.24, 2.45) is 0 Å². The average Bonchev–Trinajstić information content (AvgIpc) is 2.23. The van der Waals surface area contributed by atoms with Crippen molar-refractivity contribution in [1.82, 2.24) is 5.32 Å². The summed E-state index contributed by atoms with van der Waals surface area (Å²) in [7, 11) is -1.35. The highest BCUT2D eigenvalue weighted by Crippen LogP contribution is 2.34. The highest BCUT2D eigenvalue weighted by atomic mass is 79.9. The van der Waals surface area contributed by atoms with Crippen molar-refractivity contribution in [1.29, 1.82) is 0 Å². The van der Waals surface area contributed by atoms with Gasteiger partial charge in [-0.3, -0.25) is 0 Å². The van der Waals surface area contributed by atoms with Crippen molar-refractivity contribution in [2.45, 2.75) is 19.5 Å². The number of ether oxygens (including phenoxy) is 1. The van der Waals surface area contributed by atoms with Gasteiger partial charge in [0.15, 0.2) is 0 Å². The fraction of sp³-hybridized carbons (Fsp3) is 0.500. The highest BCUT2D eigenvalue weighted by molar-refractivity contribution is 9.11. The molecule has 0 spiro atoms. The molecule has 1 rings (SSSR count). The van der Waals surface area contributed by atoms with E-state index in [4.69, 9.17) is 4.74 Å². The molecule has 0 aromatic heterocycles. The largest absolute Gasteiger partial charge is 0.494 e. The Balaban J connectivity index is 2.69. The van der Waals surface area contributed by atoms with Gasteiger partial charge in [-0.1, -0.05) is 0 Å². The number of hydrogen-bond acceptors (Lipinski definition) is 4. The molecule has 0 aliphatic carbocycles. The molecule has 108 valence electrons. The van der Waals surface area contributed by atoms with Gasteiger partial charge in [0.25, 0.3) is 0 Å². The molecule has 1 atom stereocenters. The summed E-state index contributed by atoms with van der Waals surface area (Å²) in [5, 5.41) is 3.19. The third-order valence-corrected chi connectivity index (χ3v) is 4.75. The van der Waals surface area contributed by atoms with Crippen LogP contribution in [0, 0.1) is 0 Å². The van der Waals surface area contributed by atoms with Crippen LogP contribution in [0.3, 0.4) is 0 Å². The van der Waals surface area contributed by atoms with Crippen molar-refractivity contribution < 1.29 is 13.2 Å². The molecule has 0 radical (unpaired) electrons. The Morgan fingerprint density at radius 1 is 1.32 bits per heavy atom. The van der Waals surface area contributed by atoms with Gasteiger partial charge in [-0.15, -0.1) is 0 Å². The predicted octanol–water partition coefficient (Wildman–Crippen LogP) is 2.74. The van der Waals surface area contributed by atoms with E-state index >= 15 is 0 Å². The van der Waals surface area contributed by atoms with Gasteiger partial charge in [-0.2, -0.15) is 0 Å². The molecule has 0 aliphatic rings. The van der Waals surface area contributed by atoms with Crippen LogP contribution in [0.5, 0.6) is 5.75 Å². The standard InChI is InChI=1S/C12H17Br2NO3S/c1-8(7-19(3,16)17)15-6-9-4-10(13)12(18-2)11(14)5-9/h4-5,8,15H,6-7H2,1-3H3. The number of hydrogen-bond donors (Lipinski definition) is 1. The van der Waals surface area contributed by atoms with Crippen LogP contribution in [0.25, 0.3) is 0 Å². The lowest BCUT2D eigenvalue weighted by molar-refractivity contribution is 0.409. The van der Waals surface area contributed by atoms with Crippen molar-refractivity contribution in [3.63, 3.8) is 0 Å². The first-order chi connectivity index (χ1) is 8.73. The van der Waals surface area contributed by atoms with Gasteiger partial charge < -0.3 is 10.1 Å². The first-order valence-corrected chi connectivity index (χ1v) is 9.30. The van der Waals surface area contributed by atoms with E-state index in [0.717, 1.165) is 20.3 Å². The monoisotopic (exact) mass is 413 g/mol. The molecule has 19 heavy (non-hydrogen) atoms. The first kappa shape index (κ1) is 16.9. The molecule has 0 fully saturated rings. The number of sulfone groups is 1. The molecule has 0 amide bonds. The van der Waals surface area contributed by atoms with E-state index in [1.54, 1.807) is 7.11 Å². The second-order valence-electron chi connectivity index (χ2n) is 4.47. The van der Waals surface area contributed by atoms with Crippen molar-refractivity contribution in [3.8, 4) is 5.75 Å². The normalized spacial score (nSPS) is 13.3. The lowest BCUT2D eigenvalue weighted by Gasteiger charge is -2.14. The highest BCUT2D eigenvalue weighted by Gasteiger charge is 2.11. The minimum absolute atomic E-state index is 0.0883. The van der Waals surface area contributed by atoms with Crippen LogP contribution in [-0.4, -0.2) is 33.6 Å². The summed E-state index contributed by atoms with van der Waals surface area (Å²) in [6, 6.07) is 3.81. The van der Waals surface area contributed by atoms with E-state index in [9.17, 15) is 8.42 Å². The van der Waals surface area contributed by atoms with Gasteiger partial charge in [-0.05, 0) is 56.5 Å². The lowest BCUT2D eigenvalue weighted by atomic mass is 10.2. The fourth-order valence-electron chi connectivity index (χ4n) is 1.71. The van der Waals surface area contributed by atoms with Crippen LogP contribution in [0.15, 0.2) is 21.1 Å². The third-order valence-electron chi connectivity index (χ3n) is 2.47. The van der Waals surface area contributed by atoms with Crippen molar-refractivity contribution in [3.05, 3.63) is 26.6 Å². The molecule has 0 bridgehead atoms. The van der Waals surface area contributed by atoms with E-state index in [-0.39, 0.29) is 11.8 Å². The van der Waals surface area contributed by atoms with E-state index in [1.165, 1.54) is 6.26 Å². The summed E-state index contributed by atoms with van der Waals surface area (Å²) in [4.78, 5) is 0. The Morgan fingerprint density at radius 2 is 1.84 bits per heavy atom. The molecule has 0 aliphatic heterocycles. The zero-order valence-electron chi connectivity index (χ0n) is 11.0. The molecule has 7 heteroatoms. The molecule has 0 saturated carbocycles. The Kier molecular flexibility index (Phi) is 6.29. The number of benzene rings is 1. The Bertz CT molecular complexity index is 523. The first-order valence-electron chi connectivity index (χ1n) is 5.66. The number of nitrogens with one attached hydrogen (secondary N) is 1. The smallest absolute Gasteiger partial charge is 0.148 e. The van der Waals surface area contributed by atoms with E-state index < -0.39 is 9.84 Å². The molecule has 0 heterocycles. The molecular weight excluding hydrogens is 398 g/mol. The summed E-state index contributed by atoms with van der Waals surface area (Å²) in [6.45, 7) is 2.45. The molecule has 4 nitrogen and oxygen atoms in total. The van der Waals surface area contributed by atoms with Gasteiger partial charge in [0.2, 0.25) is 0 Å². The molecule has 0 saturated heterocycles. The zero-order chi connectivity index (χ0) is 14.6. The van der Waals surface area contributed by atoms with E-state index in [2.05, 4.69) is 37.2 Å². The minimum Gasteiger partial charge on any atom is -0.494 e. The zero-order valence-corrected chi connectivity index (χ0v) is 15.0. The van der Waals surface area contributed by atoms with Gasteiger partial charge in [0.05, 0.1) is 21.8 Å².